The third-order valence-corrected chi connectivity index (χ3v) is 5.41. The molecule has 1 aromatic carbocycles. The van der Waals surface area contributed by atoms with Crippen molar-refractivity contribution in [1.29, 1.82) is 5.26 Å². The van der Waals surface area contributed by atoms with Crippen molar-refractivity contribution in [2.24, 2.45) is 0 Å². The summed E-state index contributed by atoms with van der Waals surface area (Å²) in [5.41, 5.74) is 6.73. The van der Waals surface area contributed by atoms with E-state index in [9.17, 15) is 10.1 Å². The predicted molar refractivity (Wildman–Crippen MR) is 103 cm³/mol. The molecule has 0 radical (unpaired) electrons. The third-order valence-electron chi connectivity index (χ3n) is 4.43. The lowest BCUT2D eigenvalue weighted by Crippen LogP contribution is -2.12. The molecule has 0 saturated carbocycles. The lowest BCUT2D eigenvalue weighted by atomic mass is 10.1. The van der Waals surface area contributed by atoms with E-state index in [0.29, 0.717) is 22.8 Å². The molecule has 2 rings (SSSR count). The maximum absolute atomic E-state index is 12.1. The van der Waals surface area contributed by atoms with Gasteiger partial charge in [-0.1, -0.05) is 6.07 Å². The Morgan fingerprint density at radius 3 is 2.52 bits per heavy atom. The fourth-order valence-corrected chi connectivity index (χ4v) is 3.46. The summed E-state index contributed by atoms with van der Waals surface area (Å²) in [6.45, 7) is 9.93. The number of rotatable bonds is 5. The first-order chi connectivity index (χ1) is 11.8. The third kappa shape index (κ3) is 4.61. The minimum Gasteiger partial charge on any atom is -0.326 e. The van der Waals surface area contributed by atoms with Crippen molar-refractivity contribution < 1.29 is 4.79 Å². The average Bonchev–Trinajstić information content (AvgIpc) is 2.56. The predicted octanol–water partition coefficient (Wildman–Crippen LogP) is 4.62. The summed E-state index contributed by atoms with van der Waals surface area (Å²) in [7, 11) is 0. The Labute approximate surface area is 153 Å². The van der Waals surface area contributed by atoms with Gasteiger partial charge in [0.05, 0.1) is 5.56 Å². The zero-order valence-corrected chi connectivity index (χ0v) is 16.2. The number of hydrogen-bond donors (Lipinski definition) is 1. The molecule has 0 aliphatic carbocycles. The van der Waals surface area contributed by atoms with E-state index in [1.165, 1.54) is 17.3 Å². The fraction of sp³-hybridized carbons (Fsp3) is 0.350. The zero-order valence-electron chi connectivity index (χ0n) is 15.4. The summed E-state index contributed by atoms with van der Waals surface area (Å²) in [6.07, 6.45) is 0.371. The topological polar surface area (TPSA) is 65.8 Å². The smallest absolute Gasteiger partial charge is 0.225 e. The minimum absolute atomic E-state index is 0.0326. The van der Waals surface area contributed by atoms with Gasteiger partial charge in [-0.3, -0.25) is 4.79 Å². The Bertz CT molecular complexity index is 853. The molecule has 0 aliphatic heterocycles. The molecule has 2 aromatic rings. The molecule has 25 heavy (non-hydrogen) atoms. The largest absolute Gasteiger partial charge is 0.326 e. The van der Waals surface area contributed by atoms with Gasteiger partial charge in [0.15, 0.2) is 0 Å². The number of nitrogens with one attached hydrogen (secondary N) is 1. The molecular formula is C20H23N3OS. The van der Waals surface area contributed by atoms with E-state index in [2.05, 4.69) is 16.4 Å². The second-order valence-electron chi connectivity index (χ2n) is 6.18. The van der Waals surface area contributed by atoms with Crippen molar-refractivity contribution in [3.05, 3.63) is 51.7 Å². The molecule has 1 aromatic heterocycles. The first kappa shape index (κ1) is 19.0. The molecule has 0 spiro atoms. The summed E-state index contributed by atoms with van der Waals surface area (Å²) in [6, 6.07) is 8.12. The highest BCUT2D eigenvalue weighted by atomic mass is 32.2. The van der Waals surface area contributed by atoms with Crippen LogP contribution in [0.1, 0.15) is 39.9 Å². The van der Waals surface area contributed by atoms with Gasteiger partial charge in [0.1, 0.15) is 11.1 Å². The number of anilines is 1. The second kappa shape index (κ2) is 8.17. The molecule has 1 heterocycles. The van der Waals surface area contributed by atoms with Gasteiger partial charge in [-0.25, -0.2) is 4.98 Å². The van der Waals surface area contributed by atoms with Gasteiger partial charge in [0.2, 0.25) is 5.91 Å². The van der Waals surface area contributed by atoms with Crippen LogP contribution in [0.25, 0.3) is 0 Å². The Balaban J connectivity index is 1.98. The van der Waals surface area contributed by atoms with Crippen molar-refractivity contribution in [3.8, 4) is 6.07 Å². The highest BCUT2D eigenvalue weighted by Crippen LogP contribution is 2.27. The number of hydrogen-bond acceptors (Lipinski definition) is 4. The van der Waals surface area contributed by atoms with Crippen LogP contribution in [-0.4, -0.2) is 16.6 Å². The Hall–Kier alpha value is -2.32. The zero-order chi connectivity index (χ0) is 18.6. The summed E-state index contributed by atoms with van der Waals surface area (Å²) in [5.74, 6) is 0.551. The van der Waals surface area contributed by atoms with Crippen LogP contribution in [0.2, 0.25) is 0 Å². The lowest BCUT2D eigenvalue weighted by molar-refractivity contribution is -0.115. The lowest BCUT2D eigenvalue weighted by Gasteiger charge is -2.11. The van der Waals surface area contributed by atoms with Crippen molar-refractivity contribution in [1.82, 2.24) is 4.98 Å². The van der Waals surface area contributed by atoms with Crippen LogP contribution < -0.4 is 5.32 Å². The van der Waals surface area contributed by atoms with Crippen LogP contribution in [0.3, 0.4) is 0 Å². The highest BCUT2D eigenvalue weighted by Gasteiger charge is 2.13. The molecular weight excluding hydrogens is 330 g/mol. The van der Waals surface area contributed by atoms with Gasteiger partial charge in [0.25, 0.3) is 0 Å². The van der Waals surface area contributed by atoms with Crippen LogP contribution in [0.4, 0.5) is 5.69 Å². The molecule has 1 N–H and O–H groups in total. The summed E-state index contributed by atoms with van der Waals surface area (Å²) in [5, 5.41) is 13.0. The number of thioether (sulfide) groups is 1. The van der Waals surface area contributed by atoms with E-state index in [1.807, 2.05) is 52.8 Å². The Morgan fingerprint density at radius 1 is 1.16 bits per heavy atom. The molecule has 0 saturated heterocycles. The molecule has 0 atom stereocenters. The highest BCUT2D eigenvalue weighted by molar-refractivity contribution is 7.99. The first-order valence-electron chi connectivity index (χ1n) is 8.21. The number of aromatic nitrogens is 1. The second-order valence-corrected chi connectivity index (χ2v) is 7.27. The monoisotopic (exact) mass is 353 g/mol. The molecule has 0 unspecified atom stereocenters. The van der Waals surface area contributed by atoms with Gasteiger partial charge in [-0.2, -0.15) is 5.26 Å². The van der Waals surface area contributed by atoms with E-state index >= 15 is 0 Å². The van der Waals surface area contributed by atoms with Crippen LogP contribution in [0, 0.1) is 45.9 Å². The van der Waals surface area contributed by atoms with Gasteiger partial charge >= 0.3 is 0 Å². The Kier molecular flexibility index (Phi) is 6.22. The van der Waals surface area contributed by atoms with Gasteiger partial charge in [-0.05, 0) is 69.0 Å². The van der Waals surface area contributed by atoms with E-state index < -0.39 is 0 Å². The summed E-state index contributed by atoms with van der Waals surface area (Å²) >= 11 is 1.46. The molecule has 0 aliphatic rings. The quantitative estimate of drug-likeness (QED) is 0.797. The number of carbonyl (C=O) groups is 1. The van der Waals surface area contributed by atoms with E-state index in [0.717, 1.165) is 28.1 Å². The summed E-state index contributed by atoms with van der Waals surface area (Å²) < 4.78 is 0. The van der Waals surface area contributed by atoms with Crippen LogP contribution in [-0.2, 0) is 4.79 Å². The van der Waals surface area contributed by atoms with Crippen molar-refractivity contribution in [2.75, 3.05) is 11.1 Å². The van der Waals surface area contributed by atoms with E-state index in [4.69, 9.17) is 0 Å². The fourth-order valence-electron chi connectivity index (χ4n) is 2.43. The van der Waals surface area contributed by atoms with Gasteiger partial charge in [-0.15, -0.1) is 11.8 Å². The SMILES string of the molecule is Cc1ccc(NC(=O)CCSc2nc(C)c(C)c(C)c2C#N)cc1C. The van der Waals surface area contributed by atoms with Crippen molar-refractivity contribution in [3.63, 3.8) is 0 Å². The van der Waals surface area contributed by atoms with Gasteiger partial charge in [0, 0.05) is 23.6 Å². The van der Waals surface area contributed by atoms with Gasteiger partial charge < -0.3 is 5.32 Å². The molecule has 0 fully saturated rings. The molecule has 1 amide bonds. The number of carbonyl (C=O) groups excluding carboxylic acids is 1. The molecule has 4 nitrogen and oxygen atoms in total. The maximum Gasteiger partial charge on any atom is 0.225 e. The summed E-state index contributed by atoms with van der Waals surface area (Å²) in [4.78, 5) is 16.6. The molecule has 0 bridgehead atoms. The van der Waals surface area contributed by atoms with Crippen LogP contribution in [0.5, 0.6) is 0 Å². The normalized spacial score (nSPS) is 10.4. The Morgan fingerprint density at radius 2 is 1.88 bits per heavy atom. The number of pyridine rings is 1. The number of amides is 1. The van der Waals surface area contributed by atoms with Crippen LogP contribution >= 0.6 is 11.8 Å². The first-order valence-corrected chi connectivity index (χ1v) is 9.19. The maximum atomic E-state index is 12.1. The average molecular weight is 353 g/mol. The standard InChI is InChI=1S/C20H23N3OS/c1-12-6-7-17(10-13(12)2)23-19(24)8-9-25-20-18(11-21)15(4)14(3)16(5)22-20/h6-7,10H,8-9H2,1-5H3,(H,23,24). The van der Waals surface area contributed by atoms with Crippen molar-refractivity contribution in [2.45, 2.75) is 46.1 Å². The molecule has 5 heteroatoms. The number of benzene rings is 1. The van der Waals surface area contributed by atoms with Crippen LogP contribution in [0.15, 0.2) is 23.2 Å². The number of nitrogens with zero attached hydrogens (tertiary/aromatic N) is 2. The van der Waals surface area contributed by atoms with Crippen molar-refractivity contribution >= 4 is 23.4 Å². The minimum atomic E-state index is -0.0326. The van der Waals surface area contributed by atoms with E-state index in [1.54, 1.807) is 0 Å². The number of nitriles is 1. The molecule has 130 valence electrons. The van der Waals surface area contributed by atoms with E-state index in [-0.39, 0.29) is 5.91 Å². The number of aryl methyl sites for hydroxylation is 3.